The van der Waals surface area contributed by atoms with Crippen molar-refractivity contribution in [1.29, 1.82) is 0 Å². The molecule has 1 aliphatic carbocycles. The maximum atomic E-state index is 11.8. The van der Waals surface area contributed by atoms with Crippen LogP contribution in [0, 0.1) is 5.92 Å². The zero-order chi connectivity index (χ0) is 12.0. The molecule has 94 valence electrons. The maximum Gasteiger partial charge on any atom is 0.223 e. The number of hydrogen-bond acceptors (Lipinski definition) is 3. The van der Waals surface area contributed by atoms with Crippen LogP contribution in [0.3, 0.4) is 0 Å². The number of methoxy groups -OCH3 is 1. The molecule has 0 aliphatic heterocycles. The van der Waals surface area contributed by atoms with Gasteiger partial charge in [-0.15, -0.1) is 0 Å². The largest absolute Gasteiger partial charge is 0.381 e. The van der Waals surface area contributed by atoms with Gasteiger partial charge in [0, 0.05) is 19.1 Å². The van der Waals surface area contributed by atoms with Crippen LogP contribution in [-0.4, -0.2) is 31.7 Å². The summed E-state index contributed by atoms with van der Waals surface area (Å²) in [5, 5.41) is 3.09. The second-order valence-corrected chi connectivity index (χ2v) is 4.71. The molecule has 0 heterocycles. The average molecular weight is 228 g/mol. The fraction of sp³-hybridized carbons (Fsp3) is 0.917. The minimum atomic E-state index is 0.0742. The highest BCUT2D eigenvalue weighted by Crippen LogP contribution is 2.21. The summed E-state index contributed by atoms with van der Waals surface area (Å²) in [4.78, 5) is 11.8. The quantitative estimate of drug-likeness (QED) is 0.714. The van der Waals surface area contributed by atoms with E-state index in [0.717, 1.165) is 32.1 Å². The van der Waals surface area contributed by atoms with Gasteiger partial charge in [0.15, 0.2) is 0 Å². The zero-order valence-electron chi connectivity index (χ0n) is 10.4. The van der Waals surface area contributed by atoms with Crippen LogP contribution in [-0.2, 0) is 9.53 Å². The van der Waals surface area contributed by atoms with Crippen molar-refractivity contribution in [3.63, 3.8) is 0 Å². The topological polar surface area (TPSA) is 64.3 Å². The van der Waals surface area contributed by atoms with E-state index in [0.29, 0.717) is 18.7 Å². The third-order valence-corrected chi connectivity index (χ3v) is 3.35. The summed E-state index contributed by atoms with van der Waals surface area (Å²) in [6, 6.07) is 0.303. The molecule has 1 fully saturated rings. The summed E-state index contributed by atoms with van der Waals surface area (Å²) >= 11 is 0. The van der Waals surface area contributed by atoms with Gasteiger partial charge >= 0.3 is 0 Å². The van der Waals surface area contributed by atoms with Crippen LogP contribution in [0.25, 0.3) is 0 Å². The highest BCUT2D eigenvalue weighted by Gasteiger charge is 2.26. The van der Waals surface area contributed by atoms with Gasteiger partial charge in [-0.25, -0.2) is 0 Å². The number of nitrogens with one attached hydrogen (secondary N) is 1. The molecule has 4 nitrogen and oxygen atoms in total. The molecule has 0 aromatic heterocycles. The van der Waals surface area contributed by atoms with Crippen molar-refractivity contribution in [2.45, 2.75) is 51.2 Å². The van der Waals surface area contributed by atoms with E-state index < -0.39 is 0 Å². The molecular formula is C12H24N2O2. The van der Waals surface area contributed by atoms with E-state index in [-0.39, 0.29) is 11.8 Å². The molecule has 0 aromatic rings. The van der Waals surface area contributed by atoms with E-state index >= 15 is 0 Å². The lowest BCUT2D eigenvalue weighted by Crippen LogP contribution is -2.37. The van der Waals surface area contributed by atoms with Gasteiger partial charge in [-0.05, 0) is 38.6 Å². The molecule has 0 saturated heterocycles. The van der Waals surface area contributed by atoms with Crippen molar-refractivity contribution in [2.24, 2.45) is 11.7 Å². The predicted molar refractivity (Wildman–Crippen MR) is 64.0 cm³/mol. The number of nitrogens with two attached hydrogens (primary N) is 1. The van der Waals surface area contributed by atoms with Crippen molar-refractivity contribution in [2.75, 3.05) is 13.7 Å². The molecule has 1 saturated carbocycles. The molecule has 16 heavy (non-hydrogen) atoms. The van der Waals surface area contributed by atoms with Crippen LogP contribution in [0.15, 0.2) is 0 Å². The van der Waals surface area contributed by atoms with Crippen LogP contribution < -0.4 is 11.1 Å². The first-order valence-corrected chi connectivity index (χ1v) is 6.20. The van der Waals surface area contributed by atoms with Gasteiger partial charge in [0.2, 0.25) is 5.91 Å². The standard InChI is InChI=1S/C12H24N2O2/c1-9(4-3-7-13)12(15)14-10-5-6-11(8-10)16-2/h9-11H,3-8,13H2,1-2H3,(H,14,15). The van der Waals surface area contributed by atoms with Crippen LogP contribution in [0.4, 0.5) is 0 Å². The second-order valence-electron chi connectivity index (χ2n) is 4.71. The Bertz CT molecular complexity index is 221. The lowest BCUT2D eigenvalue weighted by molar-refractivity contribution is -0.125. The Morgan fingerprint density at radius 3 is 2.88 bits per heavy atom. The summed E-state index contributed by atoms with van der Waals surface area (Å²) in [6.07, 6.45) is 5.16. The van der Waals surface area contributed by atoms with E-state index in [1.165, 1.54) is 0 Å². The molecule has 3 atom stereocenters. The van der Waals surface area contributed by atoms with Crippen molar-refractivity contribution in [3.05, 3.63) is 0 Å². The molecule has 0 radical (unpaired) electrons. The number of carbonyl (C=O) groups is 1. The lowest BCUT2D eigenvalue weighted by Gasteiger charge is -2.16. The Labute approximate surface area is 97.9 Å². The smallest absolute Gasteiger partial charge is 0.223 e. The molecule has 4 heteroatoms. The molecule has 1 amide bonds. The Kier molecular flexibility index (Phi) is 5.77. The van der Waals surface area contributed by atoms with Gasteiger partial charge in [0.05, 0.1) is 6.10 Å². The normalized spacial score (nSPS) is 26.7. The molecule has 1 rings (SSSR count). The van der Waals surface area contributed by atoms with Gasteiger partial charge in [0.25, 0.3) is 0 Å². The Balaban J connectivity index is 2.23. The van der Waals surface area contributed by atoms with Crippen molar-refractivity contribution in [3.8, 4) is 0 Å². The first-order valence-electron chi connectivity index (χ1n) is 6.20. The van der Waals surface area contributed by atoms with Crippen LogP contribution >= 0.6 is 0 Å². The van der Waals surface area contributed by atoms with Gasteiger partial charge in [-0.1, -0.05) is 6.92 Å². The summed E-state index contributed by atoms with van der Waals surface area (Å²) in [5.74, 6) is 0.236. The molecule has 1 aliphatic rings. The average Bonchev–Trinajstić information content (AvgIpc) is 2.73. The monoisotopic (exact) mass is 228 g/mol. The maximum absolute atomic E-state index is 11.8. The summed E-state index contributed by atoms with van der Waals surface area (Å²) in [5.41, 5.74) is 5.43. The third-order valence-electron chi connectivity index (χ3n) is 3.35. The van der Waals surface area contributed by atoms with E-state index in [1.807, 2.05) is 6.92 Å². The second kappa shape index (κ2) is 6.86. The number of rotatable bonds is 6. The van der Waals surface area contributed by atoms with E-state index in [1.54, 1.807) is 7.11 Å². The fourth-order valence-corrected chi connectivity index (χ4v) is 2.18. The molecule has 3 unspecified atom stereocenters. The zero-order valence-corrected chi connectivity index (χ0v) is 10.4. The molecule has 0 aromatic carbocycles. The summed E-state index contributed by atoms with van der Waals surface area (Å²) in [7, 11) is 1.73. The number of ether oxygens (including phenoxy) is 1. The predicted octanol–water partition coefficient (Wildman–Crippen LogP) is 1.05. The fourth-order valence-electron chi connectivity index (χ4n) is 2.18. The molecular weight excluding hydrogens is 204 g/mol. The van der Waals surface area contributed by atoms with Gasteiger partial charge in [-0.2, -0.15) is 0 Å². The van der Waals surface area contributed by atoms with Crippen molar-refractivity contribution >= 4 is 5.91 Å². The van der Waals surface area contributed by atoms with Crippen LogP contribution in [0.2, 0.25) is 0 Å². The van der Waals surface area contributed by atoms with Crippen molar-refractivity contribution < 1.29 is 9.53 Å². The van der Waals surface area contributed by atoms with Gasteiger partial charge in [0.1, 0.15) is 0 Å². The first-order chi connectivity index (χ1) is 7.67. The SMILES string of the molecule is COC1CCC(NC(=O)C(C)CCCN)C1. The molecule has 0 spiro atoms. The molecule has 0 bridgehead atoms. The Morgan fingerprint density at radius 1 is 1.56 bits per heavy atom. The van der Waals surface area contributed by atoms with Crippen LogP contribution in [0.1, 0.15) is 39.0 Å². The highest BCUT2D eigenvalue weighted by atomic mass is 16.5. The number of hydrogen-bond donors (Lipinski definition) is 2. The summed E-state index contributed by atoms with van der Waals surface area (Å²) < 4.78 is 5.28. The Morgan fingerprint density at radius 2 is 2.31 bits per heavy atom. The van der Waals surface area contributed by atoms with Gasteiger partial charge in [-0.3, -0.25) is 4.79 Å². The highest BCUT2D eigenvalue weighted by molar-refractivity contribution is 5.78. The van der Waals surface area contributed by atoms with Gasteiger partial charge < -0.3 is 15.8 Å². The lowest BCUT2D eigenvalue weighted by atomic mass is 10.0. The first kappa shape index (κ1) is 13.5. The molecule has 3 N–H and O–H groups in total. The summed E-state index contributed by atoms with van der Waals surface area (Å²) in [6.45, 7) is 2.63. The van der Waals surface area contributed by atoms with Crippen molar-refractivity contribution in [1.82, 2.24) is 5.32 Å². The third kappa shape index (κ3) is 4.10. The van der Waals surface area contributed by atoms with Crippen LogP contribution in [0.5, 0.6) is 0 Å². The van der Waals surface area contributed by atoms with E-state index in [4.69, 9.17) is 10.5 Å². The number of carbonyl (C=O) groups excluding carboxylic acids is 1. The van der Waals surface area contributed by atoms with E-state index in [2.05, 4.69) is 5.32 Å². The minimum absolute atomic E-state index is 0.0742. The number of amides is 1. The van der Waals surface area contributed by atoms with E-state index in [9.17, 15) is 4.79 Å². The Hall–Kier alpha value is -0.610. The minimum Gasteiger partial charge on any atom is -0.381 e.